The number of fused-ring (bicyclic) bond motifs is 1. The summed E-state index contributed by atoms with van der Waals surface area (Å²) in [7, 11) is 0. The largest absolute Gasteiger partial charge is 0.444 e. The highest BCUT2D eigenvalue weighted by Gasteiger charge is 2.13. The molecule has 0 aliphatic carbocycles. The molecule has 0 unspecified atom stereocenters. The Labute approximate surface area is 176 Å². The highest BCUT2D eigenvalue weighted by Crippen LogP contribution is 2.31. The number of nitrogens with zero attached hydrogens (tertiary/aromatic N) is 5. The maximum atomic E-state index is 9.17. The van der Waals surface area contributed by atoms with E-state index in [-0.39, 0.29) is 0 Å². The molecule has 31 heavy (non-hydrogen) atoms. The number of benzene rings is 1. The van der Waals surface area contributed by atoms with Crippen LogP contribution in [-0.2, 0) is 6.54 Å². The molecule has 0 aliphatic rings. The van der Waals surface area contributed by atoms with E-state index in [1.807, 2.05) is 30.5 Å². The van der Waals surface area contributed by atoms with Gasteiger partial charge in [0.15, 0.2) is 0 Å². The lowest BCUT2D eigenvalue weighted by Crippen LogP contribution is -2.03. The van der Waals surface area contributed by atoms with Crippen LogP contribution in [0.5, 0.6) is 0 Å². The van der Waals surface area contributed by atoms with Crippen molar-refractivity contribution in [2.75, 3.05) is 11.1 Å². The van der Waals surface area contributed by atoms with E-state index in [9.17, 15) is 0 Å². The Morgan fingerprint density at radius 3 is 2.74 bits per heavy atom. The lowest BCUT2D eigenvalue weighted by molar-refractivity contribution is 0.574. The zero-order valence-electron chi connectivity index (χ0n) is 16.2. The van der Waals surface area contributed by atoms with Gasteiger partial charge in [0, 0.05) is 24.5 Å². The maximum Gasteiger partial charge on any atom is 0.229 e. The van der Waals surface area contributed by atoms with Crippen molar-refractivity contribution in [3.8, 4) is 28.7 Å². The van der Waals surface area contributed by atoms with Crippen LogP contribution in [0.25, 0.3) is 33.6 Å². The molecule has 4 heterocycles. The highest BCUT2D eigenvalue weighted by molar-refractivity contribution is 6.00. The number of nitriles is 1. The number of aromatic amines is 1. The van der Waals surface area contributed by atoms with E-state index in [4.69, 9.17) is 15.4 Å². The van der Waals surface area contributed by atoms with Crippen LogP contribution in [0.3, 0.4) is 0 Å². The SMILES string of the molecule is N#Cc1cnc(NCc2ccc(-c3c[nH]c4ncnc(N)c34)cc2)c(-c2ncco2)c1. The van der Waals surface area contributed by atoms with Gasteiger partial charge in [-0.25, -0.2) is 19.9 Å². The molecule has 0 bridgehead atoms. The first kappa shape index (κ1) is 18.3. The van der Waals surface area contributed by atoms with Gasteiger partial charge in [-0.1, -0.05) is 24.3 Å². The van der Waals surface area contributed by atoms with Crippen LogP contribution in [0.4, 0.5) is 11.6 Å². The summed E-state index contributed by atoms with van der Waals surface area (Å²) in [6, 6.07) is 11.9. The molecule has 0 saturated heterocycles. The predicted molar refractivity (Wildman–Crippen MR) is 116 cm³/mol. The van der Waals surface area contributed by atoms with Crippen LogP contribution in [0, 0.1) is 11.3 Å². The van der Waals surface area contributed by atoms with Gasteiger partial charge in [-0.2, -0.15) is 5.26 Å². The number of hydrogen-bond acceptors (Lipinski definition) is 8. The van der Waals surface area contributed by atoms with E-state index in [0.717, 1.165) is 22.1 Å². The minimum atomic E-state index is 0.404. The molecule has 150 valence electrons. The third kappa shape index (κ3) is 3.42. The minimum absolute atomic E-state index is 0.404. The van der Waals surface area contributed by atoms with Crippen molar-refractivity contribution in [3.05, 3.63) is 72.6 Å². The van der Waals surface area contributed by atoms with Crippen molar-refractivity contribution in [1.29, 1.82) is 5.26 Å². The Morgan fingerprint density at radius 1 is 1.10 bits per heavy atom. The fourth-order valence-electron chi connectivity index (χ4n) is 3.39. The second kappa shape index (κ2) is 7.61. The molecule has 0 spiro atoms. The minimum Gasteiger partial charge on any atom is -0.444 e. The fraction of sp³-hybridized carbons (Fsp3) is 0.0455. The van der Waals surface area contributed by atoms with E-state index in [1.54, 1.807) is 12.3 Å². The van der Waals surface area contributed by atoms with Gasteiger partial charge >= 0.3 is 0 Å². The lowest BCUT2D eigenvalue weighted by Gasteiger charge is -2.10. The summed E-state index contributed by atoms with van der Waals surface area (Å²) < 4.78 is 5.39. The number of anilines is 2. The van der Waals surface area contributed by atoms with Gasteiger partial charge in [-0.15, -0.1) is 0 Å². The zero-order chi connectivity index (χ0) is 21.2. The molecule has 4 aromatic heterocycles. The molecule has 0 amide bonds. The molecule has 0 aliphatic heterocycles. The van der Waals surface area contributed by atoms with Crippen molar-refractivity contribution >= 4 is 22.7 Å². The van der Waals surface area contributed by atoms with Crippen LogP contribution in [-0.4, -0.2) is 24.9 Å². The van der Waals surface area contributed by atoms with E-state index in [0.29, 0.717) is 40.8 Å². The van der Waals surface area contributed by atoms with E-state index >= 15 is 0 Å². The second-order valence-electron chi connectivity index (χ2n) is 6.80. The number of hydrogen-bond donors (Lipinski definition) is 3. The topological polar surface area (TPSA) is 142 Å². The molecule has 9 heteroatoms. The molecular formula is C22H16N8O. The van der Waals surface area contributed by atoms with Crippen molar-refractivity contribution in [2.45, 2.75) is 6.54 Å². The van der Waals surface area contributed by atoms with E-state index in [2.05, 4.69) is 36.3 Å². The number of aromatic nitrogens is 5. The predicted octanol–water partition coefficient (Wildman–Crippen LogP) is 3.74. The Kier molecular flexibility index (Phi) is 4.50. The molecule has 0 atom stereocenters. The first-order chi connectivity index (χ1) is 15.2. The summed E-state index contributed by atoms with van der Waals surface area (Å²) in [6.07, 6.45) is 7.88. The normalized spacial score (nSPS) is 10.8. The Hall–Kier alpha value is -4.71. The van der Waals surface area contributed by atoms with Crippen LogP contribution in [0.15, 0.2) is 65.9 Å². The first-order valence-electron chi connectivity index (χ1n) is 9.43. The number of rotatable bonds is 5. The number of nitrogens with two attached hydrogens (primary N) is 1. The average Bonchev–Trinajstić information content (AvgIpc) is 3.49. The number of oxazole rings is 1. The lowest BCUT2D eigenvalue weighted by atomic mass is 10.0. The van der Waals surface area contributed by atoms with Gasteiger partial charge < -0.3 is 20.5 Å². The number of nitrogen functional groups attached to an aromatic ring is 1. The van der Waals surface area contributed by atoms with Crippen LogP contribution < -0.4 is 11.1 Å². The molecule has 1 aromatic carbocycles. The standard InChI is InChI=1S/C22H16N8O/c23-8-14-7-16(22-25-5-6-31-22)20(27-10-14)26-9-13-1-3-15(4-2-13)17-11-28-21-18(17)19(24)29-12-30-21/h1-7,10-12H,9H2,(H,26,27)(H3,24,28,29,30). The summed E-state index contributed by atoms with van der Waals surface area (Å²) in [5.74, 6) is 1.44. The smallest absolute Gasteiger partial charge is 0.229 e. The summed E-state index contributed by atoms with van der Waals surface area (Å²) in [6.45, 7) is 0.534. The van der Waals surface area contributed by atoms with Crippen molar-refractivity contribution < 1.29 is 4.42 Å². The average molecular weight is 408 g/mol. The quantitative estimate of drug-likeness (QED) is 0.399. The molecular weight excluding hydrogens is 392 g/mol. The Morgan fingerprint density at radius 2 is 1.97 bits per heavy atom. The fourth-order valence-corrected chi connectivity index (χ4v) is 3.39. The zero-order valence-corrected chi connectivity index (χ0v) is 16.2. The highest BCUT2D eigenvalue weighted by atomic mass is 16.3. The van der Waals surface area contributed by atoms with Gasteiger partial charge in [-0.3, -0.25) is 0 Å². The monoisotopic (exact) mass is 408 g/mol. The summed E-state index contributed by atoms with van der Waals surface area (Å²) in [4.78, 5) is 20.0. The van der Waals surface area contributed by atoms with Crippen molar-refractivity contribution in [3.63, 3.8) is 0 Å². The summed E-state index contributed by atoms with van der Waals surface area (Å²) in [5.41, 5.74) is 10.8. The molecule has 5 rings (SSSR count). The van der Waals surface area contributed by atoms with Gasteiger partial charge in [0.2, 0.25) is 5.89 Å². The molecule has 0 saturated carbocycles. The first-order valence-corrected chi connectivity index (χ1v) is 9.43. The molecule has 5 aromatic rings. The van der Waals surface area contributed by atoms with Gasteiger partial charge in [0.1, 0.15) is 35.9 Å². The maximum absolute atomic E-state index is 9.17. The third-order valence-corrected chi connectivity index (χ3v) is 4.90. The summed E-state index contributed by atoms with van der Waals surface area (Å²) in [5, 5.41) is 13.3. The van der Waals surface area contributed by atoms with Gasteiger partial charge in [0.05, 0.1) is 22.7 Å². The van der Waals surface area contributed by atoms with Gasteiger partial charge in [-0.05, 0) is 17.2 Å². The second-order valence-corrected chi connectivity index (χ2v) is 6.80. The van der Waals surface area contributed by atoms with E-state index < -0.39 is 0 Å². The van der Waals surface area contributed by atoms with Gasteiger partial charge in [0.25, 0.3) is 0 Å². The van der Waals surface area contributed by atoms with Crippen molar-refractivity contribution in [1.82, 2.24) is 24.9 Å². The molecule has 0 fully saturated rings. The molecule has 9 nitrogen and oxygen atoms in total. The number of nitrogens with one attached hydrogen (secondary N) is 2. The third-order valence-electron chi connectivity index (χ3n) is 4.90. The van der Waals surface area contributed by atoms with E-state index in [1.165, 1.54) is 18.8 Å². The Bertz CT molecular complexity index is 1400. The number of H-pyrrole nitrogens is 1. The van der Waals surface area contributed by atoms with Crippen LogP contribution in [0.2, 0.25) is 0 Å². The van der Waals surface area contributed by atoms with Crippen LogP contribution in [0.1, 0.15) is 11.1 Å². The molecule has 0 radical (unpaired) electrons. The van der Waals surface area contributed by atoms with Crippen LogP contribution >= 0.6 is 0 Å². The number of pyridine rings is 1. The van der Waals surface area contributed by atoms with Crippen molar-refractivity contribution in [2.24, 2.45) is 0 Å². The molecule has 4 N–H and O–H groups in total. The Balaban J connectivity index is 1.38. The summed E-state index contributed by atoms with van der Waals surface area (Å²) >= 11 is 0.